The molecule has 0 radical (unpaired) electrons. The molecule has 0 heterocycles. The summed E-state index contributed by atoms with van der Waals surface area (Å²) in [6.07, 6.45) is 0. The second-order valence-corrected chi connectivity index (χ2v) is 5.71. The number of amides is 1. The smallest absolute Gasteiger partial charge is 0.255 e. The third kappa shape index (κ3) is 3.19. The quantitative estimate of drug-likeness (QED) is 0.796. The van der Waals surface area contributed by atoms with Crippen LogP contribution in [-0.2, 0) is 0 Å². The number of halogens is 3. The second kappa shape index (κ2) is 5.94. The molecule has 5 heteroatoms. The predicted octanol–water partition coefficient (Wildman–Crippen LogP) is 5.11. The van der Waals surface area contributed by atoms with E-state index in [0.29, 0.717) is 5.69 Å². The normalized spacial score (nSPS) is 10.4. The van der Waals surface area contributed by atoms with Crippen LogP contribution in [0.5, 0.6) is 0 Å². The van der Waals surface area contributed by atoms with E-state index in [1.807, 2.05) is 26.0 Å². The van der Waals surface area contributed by atoms with Gasteiger partial charge in [0, 0.05) is 15.7 Å². The van der Waals surface area contributed by atoms with Crippen LogP contribution in [0.2, 0.25) is 5.02 Å². The average molecular weight is 357 g/mol. The Labute approximate surface area is 130 Å². The number of carbonyl (C=O) groups excluding carboxylic acids is 1. The molecule has 1 N–H and O–H groups in total. The molecule has 2 rings (SSSR count). The molecule has 20 heavy (non-hydrogen) atoms. The van der Waals surface area contributed by atoms with Crippen molar-refractivity contribution in [1.29, 1.82) is 0 Å². The van der Waals surface area contributed by atoms with Gasteiger partial charge in [-0.15, -0.1) is 0 Å². The highest BCUT2D eigenvalue weighted by atomic mass is 79.9. The van der Waals surface area contributed by atoms with Gasteiger partial charge in [0.1, 0.15) is 5.82 Å². The van der Waals surface area contributed by atoms with Gasteiger partial charge in [0.25, 0.3) is 5.91 Å². The molecule has 0 aromatic heterocycles. The molecule has 0 spiro atoms. The van der Waals surface area contributed by atoms with Gasteiger partial charge in [-0.2, -0.15) is 0 Å². The topological polar surface area (TPSA) is 29.1 Å². The average Bonchev–Trinajstić information content (AvgIpc) is 2.39. The second-order valence-electron chi connectivity index (χ2n) is 4.51. The van der Waals surface area contributed by atoms with Gasteiger partial charge in [0.05, 0.1) is 5.02 Å². The Morgan fingerprint density at radius 1 is 1.20 bits per heavy atom. The van der Waals surface area contributed by atoms with E-state index in [9.17, 15) is 9.18 Å². The molecule has 0 aliphatic heterocycles. The first kappa shape index (κ1) is 15.0. The minimum atomic E-state index is -0.609. The molecule has 2 nitrogen and oxygen atoms in total. The van der Waals surface area contributed by atoms with E-state index in [2.05, 4.69) is 21.2 Å². The van der Waals surface area contributed by atoms with Gasteiger partial charge < -0.3 is 5.32 Å². The Morgan fingerprint density at radius 2 is 1.80 bits per heavy atom. The van der Waals surface area contributed by atoms with E-state index in [0.717, 1.165) is 21.7 Å². The minimum Gasteiger partial charge on any atom is -0.322 e. The fourth-order valence-corrected chi connectivity index (χ4v) is 2.21. The number of nitrogens with one attached hydrogen (secondary N) is 1. The Hall–Kier alpha value is -1.39. The summed E-state index contributed by atoms with van der Waals surface area (Å²) in [5.74, 6) is -0.982. The van der Waals surface area contributed by atoms with Crippen LogP contribution >= 0.6 is 27.5 Å². The van der Waals surface area contributed by atoms with Crippen LogP contribution in [0, 0.1) is 19.7 Å². The predicted molar refractivity (Wildman–Crippen MR) is 83.0 cm³/mol. The molecular weight excluding hydrogens is 345 g/mol. The summed E-state index contributed by atoms with van der Waals surface area (Å²) in [4.78, 5) is 12.1. The lowest BCUT2D eigenvalue weighted by Gasteiger charge is -2.10. The van der Waals surface area contributed by atoms with Crippen LogP contribution < -0.4 is 5.32 Å². The van der Waals surface area contributed by atoms with Crippen molar-refractivity contribution < 1.29 is 9.18 Å². The first-order valence-corrected chi connectivity index (χ1v) is 7.08. The molecular formula is C15H12BrClFNO. The summed E-state index contributed by atoms with van der Waals surface area (Å²) in [6.45, 7) is 3.88. The van der Waals surface area contributed by atoms with Crippen LogP contribution in [0.1, 0.15) is 21.5 Å². The van der Waals surface area contributed by atoms with Crippen molar-refractivity contribution in [2.45, 2.75) is 13.8 Å². The number of carbonyl (C=O) groups is 1. The SMILES string of the molecule is Cc1cc(NC(=O)c2ccc(Cl)c(F)c2)cc(C)c1Br. The van der Waals surface area contributed by atoms with Crippen LogP contribution in [-0.4, -0.2) is 5.91 Å². The van der Waals surface area contributed by atoms with Gasteiger partial charge in [0.2, 0.25) is 0 Å². The Morgan fingerprint density at radius 3 is 2.35 bits per heavy atom. The zero-order valence-corrected chi connectivity index (χ0v) is 13.3. The summed E-state index contributed by atoms with van der Waals surface area (Å²) < 4.78 is 14.3. The number of rotatable bonds is 2. The summed E-state index contributed by atoms with van der Waals surface area (Å²) in [7, 11) is 0. The molecule has 1 amide bonds. The summed E-state index contributed by atoms with van der Waals surface area (Å²) in [6, 6.07) is 7.67. The van der Waals surface area contributed by atoms with Crippen molar-refractivity contribution in [2.75, 3.05) is 5.32 Å². The van der Waals surface area contributed by atoms with Gasteiger partial charge in [-0.05, 0) is 55.3 Å². The maximum absolute atomic E-state index is 13.3. The lowest BCUT2D eigenvalue weighted by molar-refractivity contribution is 0.102. The first-order chi connectivity index (χ1) is 9.38. The molecule has 0 atom stereocenters. The number of hydrogen-bond donors (Lipinski definition) is 1. The summed E-state index contributed by atoms with van der Waals surface area (Å²) in [5, 5.41) is 2.74. The van der Waals surface area contributed by atoms with Crippen LogP contribution in [0.15, 0.2) is 34.8 Å². The standard InChI is InChI=1S/C15H12BrClFNO/c1-8-5-11(6-9(2)14(8)16)19-15(20)10-3-4-12(17)13(18)7-10/h3-7H,1-2H3,(H,19,20). The van der Waals surface area contributed by atoms with E-state index in [-0.39, 0.29) is 16.5 Å². The van der Waals surface area contributed by atoms with Crippen molar-refractivity contribution in [3.05, 3.63) is 62.3 Å². The lowest BCUT2D eigenvalue weighted by Crippen LogP contribution is -2.12. The number of hydrogen-bond acceptors (Lipinski definition) is 1. The molecule has 0 aliphatic carbocycles. The lowest BCUT2D eigenvalue weighted by atomic mass is 10.1. The zero-order chi connectivity index (χ0) is 14.9. The maximum atomic E-state index is 13.3. The molecule has 0 unspecified atom stereocenters. The van der Waals surface area contributed by atoms with Gasteiger partial charge in [-0.1, -0.05) is 27.5 Å². The third-order valence-electron chi connectivity index (χ3n) is 2.88. The number of anilines is 1. The monoisotopic (exact) mass is 355 g/mol. The molecule has 0 fully saturated rings. The fraction of sp³-hybridized carbons (Fsp3) is 0.133. The largest absolute Gasteiger partial charge is 0.322 e. The van der Waals surface area contributed by atoms with Crippen molar-refractivity contribution in [1.82, 2.24) is 0 Å². The van der Waals surface area contributed by atoms with Gasteiger partial charge in [-0.25, -0.2) is 4.39 Å². The molecule has 0 saturated heterocycles. The third-order valence-corrected chi connectivity index (χ3v) is 4.43. The molecule has 2 aromatic carbocycles. The number of benzene rings is 2. The highest BCUT2D eigenvalue weighted by molar-refractivity contribution is 9.10. The summed E-state index contributed by atoms with van der Waals surface area (Å²) in [5.41, 5.74) is 2.93. The van der Waals surface area contributed by atoms with Gasteiger partial charge >= 0.3 is 0 Å². The molecule has 104 valence electrons. The van der Waals surface area contributed by atoms with Gasteiger partial charge in [-0.3, -0.25) is 4.79 Å². The van der Waals surface area contributed by atoms with Crippen molar-refractivity contribution in [3.8, 4) is 0 Å². The van der Waals surface area contributed by atoms with Gasteiger partial charge in [0.15, 0.2) is 0 Å². The highest BCUT2D eigenvalue weighted by Crippen LogP contribution is 2.25. The van der Waals surface area contributed by atoms with Crippen LogP contribution in [0.25, 0.3) is 0 Å². The molecule has 0 saturated carbocycles. The highest BCUT2D eigenvalue weighted by Gasteiger charge is 2.10. The zero-order valence-electron chi connectivity index (χ0n) is 10.9. The fourth-order valence-electron chi connectivity index (χ4n) is 1.86. The number of aryl methyl sites for hydroxylation is 2. The van der Waals surface area contributed by atoms with Crippen molar-refractivity contribution >= 4 is 39.1 Å². The Bertz CT molecular complexity index is 665. The Kier molecular flexibility index (Phi) is 4.45. The van der Waals surface area contributed by atoms with E-state index in [4.69, 9.17) is 11.6 Å². The molecule has 0 aliphatic rings. The van der Waals surface area contributed by atoms with E-state index < -0.39 is 5.82 Å². The van der Waals surface area contributed by atoms with E-state index in [1.165, 1.54) is 12.1 Å². The molecule has 0 bridgehead atoms. The Balaban J connectivity index is 2.25. The van der Waals surface area contributed by atoms with Crippen molar-refractivity contribution in [2.24, 2.45) is 0 Å². The van der Waals surface area contributed by atoms with E-state index in [1.54, 1.807) is 0 Å². The first-order valence-electron chi connectivity index (χ1n) is 5.91. The minimum absolute atomic E-state index is 0.00289. The van der Waals surface area contributed by atoms with Crippen molar-refractivity contribution in [3.63, 3.8) is 0 Å². The van der Waals surface area contributed by atoms with E-state index >= 15 is 0 Å². The van der Waals surface area contributed by atoms with Crippen LogP contribution in [0.4, 0.5) is 10.1 Å². The van der Waals surface area contributed by atoms with Crippen LogP contribution in [0.3, 0.4) is 0 Å². The summed E-state index contributed by atoms with van der Waals surface area (Å²) >= 11 is 9.06. The maximum Gasteiger partial charge on any atom is 0.255 e. The molecule has 2 aromatic rings.